The van der Waals surface area contributed by atoms with E-state index in [-0.39, 0.29) is 11.5 Å². The average molecular weight is 278 g/mol. The van der Waals surface area contributed by atoms with Crippen molar-refractivity contribution >= 4 is 17.9 Å². The minimum absolute atomic E-state index is 0.0939. The topological polar surface area (TPSA) is 42.4 Å². The largest absolute Gasteiger partial charge is 0.443 e. The van der Waals surface area contributed by atoms with E-state index in [9.17, 15) is 4.79 Å². The predicted octanol–water partition coefficient (Wildman–Crippen LogP) is 3.93. The maximum Gasteiger partial charge on any atom is 0.415 e. The van der Waals surface area contributed by atoms with E-state index in [1.165, 1.54) is 0 Å². The van der Waals surface area contributed by atoms with Crippen LogP contribution >= 0.6 is 11.8 Å². The molecular formula is C14H18N2O2S. The third-order valence-corrected chi connectivity index (χ3v) is 3.76. The summed E-state index contributed by atoms with van der Waals surface area (Å²) in [5.74, 6) is 0. The smallest absolute Gasteiger partial charge is 0.415 e. The van der Waals surface area contributed by atoms with Crippen LogP contribution in [0.1, 0.15) is 38.6 Å². The lowest BCUT2D eigenvalue weighted by Gasteiger charge is -2.29. The monoisotopic (exact) mass is 278 g/mol. The van der Waals surface area contributed by atoms with Crippen molar-refractivity contribution < 1.29 is 9.53 Å². The summed E-state index contributed by atoms with van der Waals surface area (Å²) < 4.78 is 5.46. The minimum atomic E-state index is -0.496. The maximum absolute atomic E-state index is 12.3. The second-order valence-corrected chi connectivity index (χ2v) is 6.34. The van der Waals surface area contributed by atoms with Crippen molar-refractivity contribution in [1.82, 2.24) is 9.88 Å². The highest BCUT2D eigenvalue weighted by Crippen LogP contribution is 2.42. The molecule has 1 aromatic heterocycles. The molecule has 2 rings (SSSR count). The van der Waals surface area contributed by atoms with Crippen LogP contribution in [0.15, 0.2) is 35.6 Å². The van der Waals surface area contributed by atoms with Crippen molar-refractivity contribution in [1.29, 1.82) is 0 Å². The van der Waals surface area contributed by atoms with E-state index in [0.29, 0.717) is 0 Å². The fraction of sp³-hybridized carbons (Fsp3) is 0.429. The Hall–Kier alpha value is -1.49. The van der Waals surface area contributed by atoms with Gasteiger partial charge in [-0.15, -0.1) is 11.8 Å². The van der Waals surface area contributed by atoms with E-state index in [0.717, 1.165) is 11.3 Å². The van der Waals surface area contributed by atoms with Gasteiger partial charge in [0.05, 0.1) is 0 Å². The number of aromatic nitrogens is 1. The van der Waals surface area contributed by atoms with Gasteiger partial charge in [-0.05, 0) is 39.2 Å². The minimum Gasteiger partial charge on any atom is -0.443 e. The number of nitrogens with zero attached hydrogens (tertiary/aromatic N) is 2. The van der Waals surface area contributed by atoms with Crippen LogP contribution in [0.25, 0.3) is 0 Å². The molecule has 2 heterocycles. The van der Waals surface area contributed by atoms with E-state index in [1.54, 1.807) is 29.1 Å². The molecule has 0 aromatic carbocycles. The highest BCUT2D eigenvalue weighted by Gasteiger charge is 2.34. The van der Waals surface area contributed by atoms with Gasteiger partial charge in [-0.25, -0.2) is 4.79 Å². The van der Waals surface area contributed by atoms with Crippen molar-refractivity contribution in [3.8, 4) is 0 Å². The van der Waals surface area contributed by atoms with E-state index >= 15 is 0 Å². The molecule has 19 heavy (non-hydrogen) atoms. The molecule has 1 aliphatic rings. The third-order valence-electron chi connectivity index (χ3n) is 2.54. The van der Waals surface area contributed by atoms with Crippen LogP contribution in [0, 0.1) is 0 Å². The number of pyridine rings is 1. The fourth-order valence-corrected chi connectivity index (χ4v) is 2.88. The molecule has 0 saturated heterocycles. The lowest BCUT2D eigenvalue weighted by Crippen LogP contribution is -2.35. The quantitative estimate of drug-likeness (QED) is 0.780. The number of carbonyl (C=O) groups is 1. The van der Waals surface area contributed by atoms with Gasteiger partial charge in [-0.1, -0.05) is 6.07 Å². The molecule has 1 aromatic rings. The summed E-state index contributed by atoms with van der Waals surface area (Å²) in [4.78, 5) is 18.1. The van der Waals surface area contributed by atoms with Gasteiger partial charge in [-0.3, -0.25) is 9.88 Å². The van der Waals surface area contributed by atoms with Crippen LogP contribution in [-0.2, 0) is 4.74 Å². The Kier molecular flexibility index (Phi) is 3.85. The van der Waals surface area contributed by atoms with Gasteiger partial charge >= 0.3 is 6.09 Å². The Labute approximate surface area is 117 Å². The lowest BCUT2D eigenvalue weighted by atomic mass is 10.2. The van der Waals surface area contributed by atoms with Crippen LogP contribution in [0.4, 0.5) is 4.79 Å². The van der Waals surface area contributed by atoms with Crippen molar-refractivity contribution in [3.05, 3.63) is 41.2 Å². The van der Waals surface area contributed by atoms with Crippen molar-refractivity contribution in [2.75, 3.05) is 0 Å². The Morgan fingerprint density at radius 2 is 2.21 bits per heavy atom. The number of allylic oxidation sites excluding steroid dienone is 1. The molecule has 4 nitrogen and oxygen atoms in total. The van der Waals surface area contributed by atoms with Gasteiger partial charge in [0.25, 0.3) is 0 Å². The van der Waals surface area contributed by atoms with Crippen molar-refractivity contribution in [2.24, 2.45) is 0 Å². The molecule has 0 bridgehead atoms. The van der Waals surface area contributed by atoms with Crippen LogP contribution < -0.4 is 0 Å². The van der Waals surface area contributed by atoms with Crippen molar-refractivity contribution in [3.63, 3.8) is 0 Å². The van der Waals surface area contributed by atoms with Crippen LogP contribution in [-0.4, -0.2) is 21.6 Å². The first-order valence-corrected chi connectivity index (χ1v) is 7.07. The SMILES string of the molecule is CC1=CSC(c2cccnc2)N1C(=O)OC(C)(C)C. The molecule has 0 radical (unpaired) electrons. The first-order chi connectivity index (χ1) is 8.88. The number of rotatable bonds is 1. The summed E-state index contributed by atoms with van der Waals surface area (Å²) in [6.45, 7) is 7.51. The van der Waals surface area contributed by atoms with Crippen molar-refractivity contribution in [2.45, 2.75) is 38.7 Å². The molecule has 0 N–H and O–H groups in total. The zero-order chi connectivity index (χ0) is 14.0. The van der Waals surface area contributed by atoms with Gasteiger partial charge < -0.3 is 4.74 Å². The van der Waals surface area contributed by atoms with E-state index < -0.39 is 5.60 Å². The van der Waals surface area contributed by atoms with E-state index in [1.807, 2.05) is 45.2 Å². The molecule has 0 fully saturated rings. The van der Waals surface area contributed by atoms with Gasteiger partial charge in [-0.2, -0.15) is 0 Å². The third kappa shape index (κ3) is 3.29. The molecule has 0 saturated carbocycles. The molecule has 1 amide bonds. The zero-order valence-electron chi connectivity index (χ0n) is 11.6. The molecule has 102 valence electrons. The van der Waals surface area contributed by atoms with Crippen LogP contribution in [0.3, 0.4) is 0 Å². The van der Waals surface area contributed by atoms with Gasteiger partial charge in [0.1, 0.15) is 11.0 Å². The summed E-state index contributed by atoms with van der Waals surface area (Å²) in [5, 5.41) is 1.88. The van der Waals surface area contributed by atoms with E-state index in [4.69, 9.17) is 4.74 Å². The molecule has 5 heteroatoms. The predicted molar refractivity (Wildman–Crippen MR) is 76.4 cm³/mol. The highest BCUT2D eigenvalue weighted by atomic mass is 32.2. The Morgan fingerprint density at radius 1 is 1.47 bits per heavy atom. The Balaban J connectivity index is 2.21. The first-order valence-electron chi connectivity index (χ1n) is 6.13. The number of hydrogen-bond donors (Lipinski definition) is 0. The number of thioether (sulfide) groups is 1. The standard InChI is InChI=1S/C14H18N2O2S/c1-10-9-19-12(11-6-5-7-15-8-11)16(10)13(17)18-14(2,3)4/h5-9,12H,1-4H3. The second-order valence-electron chi connectivity index (χ2n) is 5.38. The summed E-state index contributed by atoms with van der Waals surface area (Å²) in [5.41, 5.74) is 1.39. The first kappa shape index (κ1) is 13.9. The molecule has 0 spiro atoms. The molecule has 1 unspecified atom stereocenters. The van der Waals surface area contributed by atoms with Gasteiger partial charge in [0.15, 0.2) is 0 Å². The Bertz CT molecular complexity index is 494. The summed E-state index contributed by atoms with van der Waals surface area (Å²) in [6.07, 6.45) is 3.18. The maximum atomic E-state index is 12.3. The van der Waals surface area contributed by atoms with Gasteiger partial charge in [0, 0.05) is 23.7 Å². The number of carbonyl (C=O) groups excluding carboxylic acids is 1. The second kappa shape index (κ2) is 5.25. The molecule has 1 atom stereocenters. The fourth-order valence-electron chi connectivity index (χ4n) is 1.77. The summed E-state index contributed by atoms with van der Waals surface area (Å²) in [6, 6.07) is 3.84. The Morgan fingerprint density at radius 3 is 2.79 bits per heavy atom. The molecule has 0 aliphatic carbocycles. The zero-order valence-corrected chi connectivity index (χ0v) is 12.4. The van der Waals surface area contributed by atoms with Crippen LogP contribution in [0.5, 0.6) is 0 Å². The molecular weight excluding hydrogens is 260 g/mol. The summed E-state index contributed by atoms with van der Waals surface area (Å²) >= 11 is 1.59. The van der Waals surface area contributed by atoms with Crippen LogP contribution in [0.2, 0.25) is 0 Å². The molecule has 1 aliphatic heterocycles. The highest BCUT2D eigenvalue weighted by molar-refractivity contribution is 8.02. The van der Waals surface area contributed by atoms with E-state index in [2.05, 4.69) is 4.98 Å². The van der Waals surface area contributed by atoms with Gasteiger partial charge in [0.2, 0.25) is 0 Å². The number of amides is 1. The average Bonchev–Trinajstić information content (AvgIpc) is 2.70. The lowest BCUT2D eigenvalue weighted by molar-refractivity contribution is 0.0301. The summed E-state index contributed by atoms with van der Waals surface area (Å²) in [7, 11) is 0. The number of ether oxygens (including phenoxy) is 1. The number of hydrogen-bond acceptors (Lipinski definition) is 4. The normalized spacial score (nSPS) is 19.3.